The van der Waals surface area contributed by atoms with E-state index in [-0.39, 0.29) is 24.4 Å². The smallest absolute Gasteiger partial charge is 0.250 e. The number of aromatic nitrogens is 2. The van der Waals surface area contributed by atoms with Crippen molar-refractivity contribution in [2.24, 2.45) is 0 Å². The molecule has 0 saturated carbocycles. The molecule has 164 valence electrons. The molecule has 8 nitrogen and oxygen atoms in total. The topological polar surface area (TPSA) is 102 Å². The zero-order valence-corrected chi connectivity index (χ0v) is 18.9. The van der Waals surface area contributed by atoms with Gasteiger partial charge in [0.2, 0.25) is 23.7 Å². The number of hydrogen-bond donors (Lipinski definition) is 2. The number of thioether (sulfide) groups is 1. The highest BCUT2D eigenvalue weighted by molar-refractivity contribution is 8.01. The Kier molecular flexibility index (Phi) is 7.25. The predicted octanol–water partition coefficient (Wildman–Crippen LogP) is 3.98. The van der Waals surface area contributed by atoms with E-state index in [0.717, 1.165) is 11.1 Å². The summed E-state index contributed by atoms with van der Waals surface area (Å²) in [5.74, 6) is 1.02. The molecule has 4 rings (SSSR count). The summed E-state index contributed by atoms with van der Waals surface area (Å²) in [4.78, 5) is 24.2. The molecule has 2 amide bonds. The minimum Gasteiger partial charge on any atom is -0.454 e. The molecule has 0 aliphatic carbocycles. The maximum absolute atomic E-state index is 12.1. The van der Waals surface area contributed by atoms with Gasteiger partial charge >= 0.3 is 0 Å². The molecular weight excluding hydrogens is 472 g/mol. The van der Waals surface area contributed by atoms with E-state index in [4.69, 9.17) is 21.1 Å². The summed E-state index contributed by atoms with van der Waals surface area (Å²) in [6.07, 6.45) is 3.06. The van der Waals surface area contributed by atoms with Crippen LogP contribution in [0, 0.1) is 0 Å². The highest BCUT2D eigenvalue weighted by Gasteiger charge is 2.13. The van der Waals surface area contributed by atoms with E-state index in [1.54, 1.807) is 24.3 Å². The molecular formula is C21H17ClN4O4S2. The molecule has 0 saturated heterocycles. The first-order valence-corrected chi connectivity index (χ1v) is 11.6. The van der Waals surface area contributed by atoms with Gasteiger partial charge < -0.3 is 14.8 Å². The van der Waals surface area contributed by atoms with Gasteiger partial charge in [-0.3, -0.25) is 14.9 Å². The zero-order valence-electron chi connectivity index (χ0n) is 16.5. The van der Waals surface area contributed by atoms with Gasteiger partial charge in [0.1, 0.15) is 0 Å². The van der Waals surface area contributed by atoms with Crippen molar-refractivity contribution in [1.29, 1.82) is 0 Å². The summed E-state index contributed by atoms with van der Waals surface area (Å²) < 4.78 is 11.2. The fourth-order valence-corrected chi connectivity index (χ4v) is 4.46. The zero-order chi connectivity index (χ0) is 22.3. The number of amides is 2. The molecule has 0 radical (unpaired) electrons. The first-order chi connectivity index (χ1) is 15.6. The molecule has 2 heterocycles. The SMILES string of the molecule is O=C(/C=C/c1ccc2c(c1)OCO2)Nc1nnc(SCC(=O)NCc2ccccc2Cl)s1. The molecule has 0 fully saturated rings. The lowest BCUT2D eigenvalue weighted by Gasteiger charge is -2.05. The van der Waals surface area contributed by atoms with Crippen LogP contribution in [0.3, 0.4) is 0 Å². The summed E-state index contributed by atoms with van der Waals surface area (Å²) in [7, 11) is 0. The number of halogens is 1. The van der Waals surface area contributed by atoms with E-state index < -0.39 is 0 Å². The molecule has 2 N–H and O–H groups in total. The number of anilines is 1. The van der Waals surface area contributed by atoms with E-state index in [1.807, 2.05) is 24.3 Å². The van der Waals surface area contributed by atoms with Gasteiger partial charge in [-0.15, -0.1) is 10.2 Å². The van der Waals surface area contributed by atoms with Crippen molar-refractivity contribution in [3.63, 3.8) is 0 Å². The van der Waals surface area contributed by atoms with Gasteiger partial charge in [-0.05, 0) is 35.4 Å². The molecule has 1 aliphatic heterocycles. The molecule has 0 spiro atoms. The number of benzene rings is 2. The van der Waals surface area contributed by atoms with Crippen molar-refractivity contribution in [2.75, 3.05) is 17.9 Å². The van der Waals surface area contributed by atoms with E-state index in [1.165, 1.54) is 29.2 Å². The molecule has 1 aliphatic rings. The third-order valence-corrected chi connectivity index (χ3v) is 6.56. The van der Waals surface area contributed by atoms with Gasteiger partial charge in [-0.1, -0.05) is 59.0 Å². The van der Waals surface area contributed by atoms with Crippen LogP contribution in [-0.2, 0) is 16.1 Å². The summed E-state index contributed by atoms with van der Waals surface area (Å²) in [6, 6.07) is 12.7. The molecule has 32 heavy (non-hydrogen) atoms. The summed E-state index contributed by atoms with van der Waals surface area (Å²) in [6.45, 7) is 0.551. The first kappa shape index (κ1) is 22.1. The Morgan fingerprint density at radius 3 is 2.88 bits per heavy atom. The van der Waals surface area contributed by atoms with Gasteiger partial charge in [-0.2, -0.15) is 0 Å². The van der Waals surface area contributed by atoms with Gasteiger partial charge in [0.05, 0.1) is 5.75 Å². The maximum atomic E-state index is 12.1. The number of fused-ring (bicyclic) bond motifs is 1. The summed E-state index contributed by atoms with van der Waals surface area (Å²) >= 11 is 8.52. The van der Waals surface area contributed by atoms with Crippen LogP contribution in [0.5, 0.6) is 11.5 Å². The second-order valence-corrected chi connectivity index (χ2v) is 9.07. The highest BCUT2D eigenvalue weighted by atomic mass is 35.5. The van der Waals surface area contributed by atoms with Gasteiger partial charge in [0.25, 0.3) is 0 Å². The molecule has 2 aromatic carbocycles. The van der Waals surface area contributed by atoms with Crippen molar-refractivity contribution in [2.45, 2.75) is 10.9 Å². The largest absolute Gasteiger partial charge is 0.454 e. The van der Waals surface area contributed by atoms with Crippen molar-refractivity contribution in [1.82, 2.24) is 15.5 Å². The third kappa shape index (κ3) is 6.00. The van der Waals surface area contributed by atoms with Crippen LogP contribution in [0.2, 0.25) is 5.02 Å². The van der Waals surface area contributed by atoms with Gasteiger partial charge in [0.15, 0.2) is 15.8 Å². The summed E-state index contributed by atoms with van der Waals surface area (Å²) in [5, 5.41) is 14.4. The molecule has 1 aromatic heterocycles. The van der Waals surface area contributed by atoms with E-state index in [9.17, 15) is 9.59 Å². The lowest BCUT2D eigenvalue weighted by Crippen LogP contribution is -2.24. The average Bonchev–Trinajstić information content (AvgIpc) is 3.44. The van der Waals surface area contributed by atoms with E-state index >= 15 is 0 Å². The quantitative estimate of drug-likeness (QED) is 0.281. The fourth-order valence-electron chi connectivity index (χ4n) is 2.67. The maximum Gasteiger partial charge on any atom is 0.250 e. The molecule has 0 unspecified atom stereocenters. The second-order valence-electron chi connectivity index (χ2n) is 6.47. The van der Waals surface area contributed by atoms with Crippen molar-refractivity contribution >= 4 is 57.7 Å². The number of carbonyl (C=O) groups is 2. The van der Waals surface area contributed by atoms with Crippen LogP contribution in [0.4, 0.5) is 5.13 Å². The van der Waals surface area contributed by atoms with Crippen LogP contribution in [0.1, 0.15) is 11.1 Å². The Labute approximate surface area is 197 Å². The summed E-state index contributed by atoms with van der Waals surface area (Å²) in [5.41, 5.74) is 1.66. The Hall–Kier alpha value is -3.08. The number of hydrogen-bond acceptors (Lipinski definition) is 8. The highest BCUT2D eigenvalue weighted by Crippen LogP contribution is 2.32. The normalized spacial score (nSPS) is 12.2. The monoisotopic (exact) mass is 488 g/mol. The number of rotatable bonds is 8. The standard InChI is InChI=1S/C21H17ClN4O4S2/c22-15-4-2-1-3-14(15)10-23-19(28)11-31-21-26-25-20(32-21)24-18(27)8-6-13-5-7-16-17(9-13)30-12-29-16/h1-9H,10-12H2,(H,23,28)(H,24,25,27)/b8-6+. The lowest BCUT2D eigenvalue weighted by atomic mass is 10.2. The van der Waals surface area contributed by atoms with Crippen molar-refractivity contribution in [3.05, 3.63) is 64.7 Å². The van der Waals surface area contributed by atoms with Crippen LogP contribution in [0.15, 0.2) is 52.9 Å². The molecule has 3 aromatic rings. The van der Waals surface area contributed by atoms with Crippen LogP contribution >= 0.6 is 34.7 Å². The van der Waals surface area contributed by atoms with E-state index in [0.29, 0.717) is 32.5 Å². The Morgan fingerprint density at radius 2 is 2.00 bits per heavy atom. The third-order valence-electron chi connectivity index (χ3n) is 4.22. The Morgan fingerprint density at radius 1 is 1.16 bits per heavy atom. The average molecular weight is 489 g/mol. The van der Waals surface area contributed by atoms with Crippen LogP contribution in [0.25, 0.3) is 6.08 Å². The van der Waals surface area contributed by atoms with Crippen LogP contribution < -0.4 is 20.1 Å². The van der Waals surface area contributed by atoms with Crippen molar-refractivity contribution < 1.29 is 19.1 Å². The number of carbonyl (C=O) groups excluding carboxylic acids is 2. The number of nitrogens with zero attached hydrogens (tertiary/aromatic N) is 2. The fraction of sp³-hybridized carbons (Fsp3) is 0.143. The predicted molar refractivity (Wildman–Crippen MR) is 124 cm³/mol. The van der Waals surface area contributed by atoms with Crippen molar-refractivity contribution in [3.8, 4) is 11.5 Å². The minimum atomic E-state index is -0.340. The van der Waals surface area contributed by atoms with Gasteiger partial charge in [-0.25, -0.2) is 0 Å². The lowest BCUT2D eigenvalue weighted by molar-refractivity contribution is -0.118. The van der Waals surface area contributed by atoms with Gasteiger partial charge in [0, 0.05) is 17.6 Å². The molecule has 0 atom stereocenters. The number of nitrogens with one attached hydrogen (secondary N) is 2. The number of ether oxygens (including phenoxy) is 2. The first-order valence-electron chi connectivity index (χ1n) is 9.42. The van der Waals surface area contributed by atoms with E-state index in [2.05, 4.69) is 20.8 Å². The Balaban J connectivity index is 1.22. The van der Waals surface area contributed by atoms with Crippen LogP contribution in [-0.4, -0.2) is 34.6 Å². The molecule has 0 bridgehead atoms. The molecule has 11 heteroatoms. The minimum absolute atomic E-state index is 0.151. The Bertz CT molecular complexity index is 1170. The second kappa shape index (κ2) is 10.5.